The number of esters is 1. The van der Waals surface area contributed by atoms with E-state index in [1.165, 1.54) is 29.8 Å². The van der Waals surface area contributed by atoms with Crippen LogP contribution in [0.1, 0.15) is 54.9 Å². The second kappa shape index (κ2) is 16.9. The van der Waals surface area contributed by atoms with Gasteiger partial charge in [-0.2, -0.15) is 15.3 Å². The number of azo groups is 3. The molecule has 1 saturated heterocycles. The number of unbranched alkanes of at least 4 members (excludes halogenated alkanes) is 1. The van der Waals surface area contributed by atoms with Crippen molar-refractivity contribution in [3.8, 4) is 5.75 Å². The molecule has 0 atom stereocenters. The Morgan fingerprint density at radius 3 is 1.83 bits per heavy atom. The van der Waals surface area contributed by atoms with Gasteiger partial charge in [0, 0.05) is 23.9 Å². The number of anilines is 1. The van der Waals surface area contributed by atoms with Gasteiger partial charge in [0.25, 0.3) is 0 Å². The minimum atomic E-state index is -0.392. The molecular formula is C42H39N7O2S. The molecule has 52 heavy (non-hydrogen) atoms. The molecule has 0 bridgehead atoms. The van der Waals surface area contributed by atoms with Gasteiger partial charge in [-0.3, -0.25) is 0 Å². The molecule has 1 aliphatic rings. The number of ether oxygens (including phenoxy) is 1. The summed E-state index contributed by atoms with van der Waals surface area (Å²) in [6.07, 6.45) is 7.08. The highest BCUT2D eigenvalue weighted by atomic mass is 32.1. The first kappa shape index (κ1) is 34.6. The van der Waals surface area contributed by atoms with Gasteiger partial charge < -0.3 is 9.64 Å². The van der Waals surface area contributed by atoms with Crippen LogP contribution in [0.25, 0.3) is 10.8 Å². The third-order valence-corrected chi connectivity index (χ3v) is 9.87. The van der Waals surface area contributed by atoms with Crippen LogP contribution in [0.5, 0.6) is 5.75 Å². The smallest absolute Gasteiger partial charge is 0.343 e. The fraction of sp³-hybridized carbons (Fsp3) is 0.214. The highest BCUT2D eigenvalue weighted by Crippen LogP contribution is 2.38. The predicted octanol–water partition coefficient (Wildman–Crippen LogP) is 13.7. The standard InChI is InChI=1S/C42H39N7O2S/c1-2-3-9-30-12-14-31(15-13-30)42(50)51-35-22-20-34(21-23-35)44-43-32-16-18-33(19-17-32)45-46-38-24-25-39(37-11-6-5-10-36(37)38)47-48-40-26-27-41(52-40)49-28-7-4-8-29-49/h5-6,10-27H,2-4,7-9,28-29H2,1H3. The van der Waals surface area contributed by atoms with Crippen molar-refractivity contribution in [2.45, 2.75) is 45.4 Å². The molecule has 0 spiro atoms. The van der Waals surface area contributed by atoms with Crippen molar-refractivity contribution in [2.75, 3.05) is 18.0 Å². The van der Waals surface area contributed by atoms with Crippen LogP contribution in [-0.4, -0.2) is 19.1 Å². The van der Waals surface area contributed by atoms with Crippen LogP contribution in [-0.2, 0) is 6.42 Å². The molecular weight excluding hydrogens is 667 g/mol. The van der Waals surface area contributed by atoms with Gasteiger partial charge in [0.05, 0.1) is 39.0 Å². The number of aryl methyl sites for hydroxylation is 1. The van der Waals surface area contributed by atoms with Gasteiger partial charge >= 0.3 is 5.97 Å². The average molecular weight is 706 g/mol. The first-order chi connectivity index (χ1) is 25.6. The van der Waals surface area contributed by atoms with Crippen molar-refractivity contribution < 1.29 is 9.53 Å². The molecule has 0 aliphatic carbocycles. The molecule has 6 aromatic rings. The van der Waals surface area contributed by atoms with E-state index < -0.39 is 5.97 Å². The van der Waals surface area contributed by atoms with Gasteiger partial charge in [0.2, 0.25) is 0 Å². The number of fused-ring (bicyclic) bond motifs is 1. The maximum absolute atomic E-state index is 12.6. The number of hydrogen-bond acceptors (Lipinski definition) is 10. The molecule has 5 aromatic carbocycles. The van der Waals surface area contributed by atoms with Crippen LogP contribution in [0.4, 0.5) is 38.4 Å². The lowest BCUT2D eigenvalue weighted by molar-refractivity contribution is 0.0734. The van der Waals surface area contributed by atoms with E-state index in [0.29, 0.717) is 28.4 Å². The van der Waals surface area contributed by atoms with Crippen molar-refractivity contribution >= 4 is 66.5 Å². The first-order valence-electron chi connectivity index (χ1n) is 17.7. The third-order valence-electron chi connectivity index (χ3n) is 8.84. The van der Waals surface area contributed by atoms with Gasteiger partial charge in [-0.25, -0.2) is 4.79 Å². The summed E-state index contributed by atoms with van der Waals surface area (Å²) < 4.78 is 5.54. The molecule has 0 amide bonds. The molecule has 1 aliphatic heterocycles. The SMILES string of the molecule is CCCCc1ccc(C(=O)Oc2ccc(N=Nc3ccc(N=Nc4ccc(N=Nc5ccc(N6CCCCC6)s5)c5ccccc45)cc3)cc2)cc1. The van der Waals surface area contributed by atoms with E-state index in [9.17, 15) is 4.79 Å². The zero-order valence-corrected chi connectivity index (χ0v) is 29.9. The molecule has 7 rings (SSSR count). The van der Waals surface area contributed by atoms with Gasteiger partial charge in [-0.1, -0.05) is 61.1 Å². The summed E-state index contributed by atoms with van der Waals surface area (Å²) in [5, 5.41) is 31.0. The number of thiophene rings is 1. The quantitative estimate of drug-likeness (QED) is 0.0719. The number of piperidine rings is 1. The number of hydrogen-bond donors (Lipinski definition) is 0. The Kier molecular flexibility index (Phi) is 11.2. The Balaban J connectivity index is 0.954. The summed E-state index contributed by atoms with van der Waals surface area (Å²) in [5.41, 5.74) is 5.27. The lowest BCUT2D eigenvalue weighted by atomic mass is 10.1. The highest BCUT2D eigenvalue weighted by Gasteiger charge is 2.13. The normalized spacial score (nSPS) is 13.5. The van der Waals surface area contributed by atoms with Crippen molar-refractivity contribution in [2.24, 2.45) is 30.7 Å². The van der Waals surface area contributed by atoms with E-state index in [1.54, 1.807) is 35.6 Å². The molecule has 10 heteroatoms. The van der Waals surface area contributed by atoms with Crippen molar-refractivity contribution in [1.29, 1.82) is 0 Å². The number of carbonyl (C=O) groups is 1. The van der Waals surface area contributed by atoms with Gasteiger partial charge in [-0.05, 0) is 123 Å². The Morgan fingerprint density at radius 1 is 0.635 bits per heavy atom. The van der Waals surface area contributed by atoms with Crippen LogP contribution >= 0.6 is 11.3 Å². The molecule has 0 radical (unpaired) electrons. The zero-order valence-electron chi connectivity index (χ0n) is 29.1. The maximum Gasteiger partial charge on any atom is 0.343 e. The second-order valence-electron chi connectivity index (χ2n) is 12.6. The Bertz CT molecular complexity index is 2200. The molecule has 0 saturated carbocycles. The molecule has 1 fully saturated rings. The Hall–Kier alpha value is -5.87. The lowest BCUT2D eigenvalue weighted by Crippen LogP contribution is -2.28. The summed E-state index contributed by atoms with van der Waals surface area (Å²) in [7, 11) is 0. The highest BCUT2D eigenvalue weighted by molar-refractivity contribution is 7.19. The zero-order chi connectivity index (χ0) is 35.5. The van der Waals surface area contributed by atoms with E-state index >= 15 is 0 Å². The number of rotatable bonds is 12. The molecule has 1 aromatic heterocycles. The van der Waals surface area contributed by atoms with Crippen molar-refractivity contribution in [1.82, 2.24) is 0 Å². The Labute approximate surface area is 307 Å². The molecule has 9 nitrogen and oxygen atoms in total. The summed E-state index contributed by atoms with van der Waals surface area (Å²) >= 11 is 1.68. The number of nitrogens with zero attached hydrogens (tertiary/aromatic N) is 7. The van der Waals surface area contributed by atoms with Crippen LogP contribution in [0.3, 0.4) is 0 Å². The van der Waals surface area contributed by atoms with Gasteiger partial charge in [0.1, 0.15) is 10.8 Å². The van der Waals surface area contributed by atoms with Crippen LogP contribution < -0.4 is 9.64 Å². The average Bonchev–Trinajstić information content (AvgIpc) is 3.68. The monoisotopic (exact) mass is 705 g/mol. The van der Waals surface area contributed by atoms with Crippen molar-refractivity contribution in [3.05, 3.63) is 132 Å². The van der Waals surface area contributed by atoms with Gasteiger partial charge in [-0.15, -0.1) is 15.3 Å². The summed E-state index contributed by atoms with van der Waals surface area (Å²) in [6, 6.07) is 38.0. The maximum atomic E-state index is 12.6. The molecule has 260 valence electrons. The number of carbonyl (C=O) groups excluding carboxylic acids is 1. The second-order valence-corrected chi connectivity index (χ2v) is 13.6. The predicted molar refractivity (Wildman–Crippen MR) is 210 cm³/mol. The van der Waals surface area contributed by atoms with Crippen LogP contribution in [0.15, 0.2) is 152 Å². The fourth-order valence-electron chi connectivity index (χ4n) is 5.95. The minimum Gasteiger partial charge on any atom is -0.423 e. The lowest BCUT2D eigenvalue weighted by Gasteiger charge is -2.26. The molecule has 0 unspecified atom stereocenters. The third kappa shape index (κ3) is 8.88. The van der Waals surface area contributed by atoms with E-state index in [-0.39, 0.29) is 0 Å². The van der Waals surface area contributed by atoms with E-state index in [1.807, 2.05) is 91.0 Å². The topological polar surface area (TPSA) is 104 Å². The largest absolute Gasteiger partial charge is 0.423 e. The molecule has 2 heterocycles. The van der Waals surface area contributed by atoms with E-state index in [0.717, 1.165) is 59.5 Å². The summed E-state index contributed by atoms with van der Waals surface area (Å²) in [6.45, 7) is 4.39. The first-order valence-corrected chi connectivity index (χ1v) is 18.6. The van der Waals surface area contributed by atoms with Gasteiger partial charge in [0.15, 0.2) is 0 Å². The van der Waals surface area contributed by atoms with Crippen LogP contribution in [0, 0.1) is 0 Å². The van der Waals surface area contributed by atoms with E-state index in [4.69, 9.17) is 4.74 Å². The van der Waals surface area contributed by atoms with E-state index in [2.05, 4.69) is 48.6 Å². The van der Waals surface area contributed by atoms with Crippen LogP contribution in [0.2, 0.25) is 0 Å². The number of benzene rings is 5. The fourth-order valence-corrected chi connectivity index (χ4v) is 6.83. The van der Waals surface area contributed by atoms with Crippen molar-refractivity contribution in [3.63, 3.8) is 0 Å². The summed E-state index contributed by atoms with van der Waals surface area (Å²) in [5.74, 6) is 0.0529. The minimum absolute atomic E-state index is 0.392. The molecule has 0 N–H and O–H groups in total. The summed E-state index contributed by atoms with van der Waals surface area (Å²) in [4.78, 5) is 15.0. The Morgan fingerprint density at radius 2 is 1.21 bits per heavy atom.